The summed E-state index contributed by atoms with van der Waals surface area (Å²) in [5.41, 5.74) is 2.21. The third kappa shape index (κ3) is 4.74. The molecule has 6 nitrogen and oxygen atoms in total. The summed E-state index contributed by atoms with van der Waals surface area (Å²) in [5.74, 6) is 0.821. The van der Waals surface area contributed by atoms with Crippen molar-refractivity contribution in [3.05, 3.63) is 77.1 Å². The number of benzene rings is 2. The van der Waals surface area contributed by atoms with Crippen molar-refractivity contribution in [1.29, 1.82) is 0 Å². The summed E-state index contributed by atoms with van der Waals surface area (Å²) in [6, 6.07) is 15.1. The Morgan fingerprint density at radius 3 is 2.48 bits per heavy atom. The molecule has 0 unspecified atom stereocenters. The zero-order valence-corrected chi connectivity index (χ0v) is 15.8. The lowest BCUT2D eigenvalue weighted by atomic mass is 10.2. The van der Waals surface area contributed by atoms with E-state index in [4.69, 9.17) is 16.3 Å². The van der Waals surface area contributed by atoms with Crippen LogP contribution in [0.25, 0.3) is 0 Å². The molecule has 1 aromatic heterocycles. The van der Waals surface area contributed by atoms with Crippen LogP contribution in [0.3, 0.4) is 0 Å². The average molecular weight is 383 g/mol. The maximum absolute atomic E-state index is 12.5. The van der Waals surface area contributed by atoms with Crippen LogP contribution >= 0.6 is 11.6 Å². The van der Waals surface area contributed by atoms with Gasteiger partial charge in [-0.1, -0.05) is 41.9 Å². The number of aromatic nitrogens is 2. The molecule has 1 N–H and O–H groups in total. The van der Waals surface area contributed by atoms with Gasteiger partial charge in [0.25, 0.3) is 5.91 Å². The molecule has 0 bridgehead atoms. The number of rotatable bonds is 6. The third-order valence-corrected chi connectivity index (χ3v) is 4.21. The molecule has 0 radical (unpaired) electrons. The van der Waals surface area contributed by atoms with Crippen molar-refractivity contribution in [1.82, 2.24) is 14.9 Å². The summed E-state index contributed by atoms with van der Waals surface area (Å²) < 4.78 is 5.12. The van der Waals surface area contributed by atoms with Crippen molar-refractivity contribution in [3.8, 4) is 5.75 Å². The van der Waals surface area contributed by atoms with Crippen molar-refractivity contribution in [2.45, 2.75) is 6.54 Å². The van der Waals surface area contributed by atoms with Crippen LogP contribution in [0.4, 0.5) is 11.6 Å². The first-order valence-corrected chi connectivity index (χ1v) is 8.66. The van der Waals surface area contributed by atoms with E-state index in [1.54, 1.807) is 37.3 Å². The third-order valence-electron chi connectivity index (χ3n) is 3.92. The monoisotopic (exact) mass is 382 g/mol. The smallest absolute Gasteiger partial charge is 0.257 e. The molecule has 7 heteroatoms. The second-order valence-electron chi connectivity index (χ2n) is 5.92. The van der Waals surface area contributed by atoms with Gasteiger partial charge in [0.05, 0.1) is 17.7 Å². The Kier molecular flexibility index (Phi) is 5.88. The molecule has 1 heterocycles. The van der Waals surface area contributed by atoms with Gasteiger partial charge >= 0.3 is 0 Å². The number of nitrogens with one attached hydrogen (secondary N) is 1. The molecule has 0 saturated heterocycles. The fourth-order valence-electron chi connectivity index (χ4n) is 2.53. The highest BCUT2D eigenvalue weighted by atomic mass is 35.5. The summed E-state index contributed by atoms with van der Waals surface area (Å²) in [6.45, 7) is 0.518. The van der Waals surface area contributed by atoms with Gasteiger partial charge in [-0.25, -0.2) is 9.97 Å². The van der Waals surface area contributed by atoms with Crippen LogP contribution in [-0.2, 0) is 6.54 Å². The van der Waals surface area contributed by atoms with E-state index in [1.807, 2.05) is 30.3 Å². The molecule has 0 aliphatic rings. The van der Waals surface area contributed by atoms with Crippen molar-refractivity contribution in [2.24, 2.45) is 0 Å². The molecule has 0 spiro atoms. The minimum absolute atomic E-state index is 0.141. The highest BCUT2D eigenvalue weighted by Gasteiger charge is 2.13. The van der Waals surface area contributed by atoms with Gasteiger partial charge < -0.3 is 15.0 Å². The second kappa shape index (κ2) is 8.51. The van der Waals surface area contributed by atoms with Gasteiger partial charge in [-0.05, 0) is 23.8 Å². The Balaban J connectivity index is 1.65. The van der Waals surface area contributed by atoms with E-state index >= 15 is 0 Å². The van der Waals surface area contributed by atoms with E-state index < -0.39 is 0 Å². The molecular weight excluding hydrogens is 364 g/mol. The van der Waals surface area contributed by atoms with Gasteiger partial charge in [0, 0.05) is 31.7 Å². The Morgan fingerprint density at radius 2 is 1.85 bits per heavy atom. The van der Waals surface area contributed by atoms with Crippen LogP contribution in [0.15, 0.2) is 60.9 Å². The first-order chi connectivity index (χ1) is 13.1. The van der Waals surface area contributed by atoms with Crippen molar-refractivity contribution in [3.63, 3.8) is 0 Å². The first kappa shape index (κ1) is 18.7. The Morgan fingerprint density at radius 1 is 1.15 bits per heavy atom. The van der Waals surface area contributed by atoms with Gasteiger partial charge in [0.1, 0.15) is 5.75 Å². The SMILES string of the molecule is COc1ccc(Nc2ncc(C(=O)N(C)Cc3ccccc3)cn2)cc1Cl. The normalized spacial score (nSPS) is 10.3. The number of hydrogen-bond donors (Lipinski definition) is 1. The molecular formula is C20H19ClN4O2. The molecule has 0 fully saturated rings. The van der Waals surface area contributed by atoms with Crippen molar-refractivity contribution >= 4 is 29.1 Å². The van der Waals surface area contributed by atoms with Crippen LogP contribution in [0.5, 0.6) is 5.75 Å². The van der Waals surface area contributed by atoms with E-state index in [1.165, 1.54) is 12.4 Å². The van der Waals surface area contributed by atoms with E-state index in [0.717, 1.165) is 11.3 Å². The highest BCUT2D eigenvalue weighted by molar-refractivity contribution is 6.32. The predicted octanol–water partition coefficient (Wildman–Crippen LogP) is 4.15. The van der Waals surface area contributed by atoms with Crippen LogP contribution < -0.4 is 10.1 Å². The number of hydrogen-bond acceptors (Lipinski definition) is 5. The Hall–Kier alpha value is -3.12. The van der Waals surface area contributed by atoms with Crippen molar-refractivity contribution in [2.75, 3.05) is 19.5 Å². The standard InChI is InChI=1S/C20H19ClN4O2/c1-25(13-14-6-4-3-5-7-14)19(26)15-11-22-20(23-12-15)24-16-8-9-18(27-2)17(21)10-16/h3-12H,13H2,1-2H3,(H,22,23,24). The Bertz CT molecular complexity index is 917. The minimum atomic E-state index is -0.141. The topological polar surface area (TPSA) is 67.3 Å². The Labute approximate surface area is 162 Å². The van der Waals surface area contributed by atoms with E-state index in [0.29, 0.717) is 28.8 Å². The lowest BCUT2D eigenvalue weighted by Gasteiger charge is -2.17. The predicted molar refractivity (Wildman–Crippen MR) is 106 cm³/mol. The number of carbonyl (C=O) groups excluding carboxylic acids is 1. The molecule has 138 valence electrons. The molecule has 27 heavy (non-hydrogen) atoms. The molecule has 0 atom stereocenters. The van der Waals surface area contributed by atoms with Crippen LogP contribution in [-0.4, -0.2) is 34.9 Å². The van der Waals surface area contributed by atoms with Gasteiger partial charge in [-0.3, -0.25) is 4.79 Å². The lowest BCUT2D eigenvalue weighted by Crippen LogP contribution is -2.26. The number of halogens is 1. The maximum Gasteiger partial charge on any atom is 0.257 e. The van der Waals surface area contributed by atoms with E-state index in [2.05, 4.69) is 15.3 Å². The van der Waals surface area contributed by atoms with Crippen molar-refractivity contribution < 1.29 is 9.53 Å². The van der Waals surface area contributed by atoms with Crippen LogP contribution in [0, 0.1) is 0 Å². The molecule has 0 saturated carbocycles. The fraction of sp³-hybridized carbons (Fsp3) is 0.150. The zero-order valence-electron chi connectivity index (χ0n) is 15.0. The molecule has 0 aliphatic heterocycles. The molecule has 3 rings (SSSR count). The second-order valence-corrected chi connectivity index (χ2v) is 6.32. The summed E-state index contributed by atoms with van der Waals surface area (Å²) in [6.07, 6.45) is 3.01. The number of nitrogens with zero attached hydrogens (tertiary/aromatic N) is 3. The number of anilines is 2. The first-order valence-electron chi connectivity index (χ1n) is 8.29. The highest BCUT2D eigenvalue weighted by Crippen LogP contribution is 2.28. The van der Waals surface area contributed by atoms with E-state index in [9.17, 15) is 4.79 Å². The zero-order chi connectivity index (χ0) is 19.2. The van der Waals surface area contributed by atoms with Crippen LogP contribution in [0.1, 0.15) is 15.9 Å². The largest absolute Gasteiger partial charge is 0.495 e. The van der Waals surface area contributed by atoms with Gasteiger partial charge in [0.15, 0.2) is 0 Å². The number of ether oxygens (including phenoxy) is 1. The number of amides is 1. The quantitative estimate of drug-likeness (QED) is 0.693. The fourth-order valence-corrected chi connectivity index (χ4v) is 2.78. The number of carbonyl (C=O) groups is 1. The summed E-state index contributed by atoms with van der Waals surface area (Å²) in [4.78, 5) is 22.6. The minimum Gasteiger partial charge on any atom is -0.495 e. The lowest BCUT2D eigenvalue weighted by molar-refractivity contribution is 0.0784. The van der Waals surface area contributed by atoms with Gasteiger partial charge in [0.2, 0.25) is 5.95 Å². The summed E-state index contributed by atoms with van der Waals surface area (Å²) in [7, 11) is 3.31. The maximum atomic E-state index is 12.5. The van der Waals surface area contributed by atoms with Crippen LogP contribution in [0.2, 0.25) is 5.02 Å². The molecule has 2 aromatic carbocycles. The molecule has 1 amide bonds. The van der Waals surface area contributed by atoms with Gasteiger partial charge in [-0.15, -0.1) is 0 Å². The van der Waals surface area contributed by atoms with Gasteiger partial charge in [-0.2, -0.15) is 0 Å². The average Bonchev–Trinajstić information content (AvgIpc) is 2.69. The summed E-state index contributed by atoms with van der Waals surface area (Å²) >= 11 is 6.11. The number of methoxy groups -OCH3 is 1. The molecule has 3 aromatic rings. The summed E-state index contributed by atoms with van der Waals surface area (Å²) in [5, 5.41) is 3.53. The van der Waals surface area contributed by atoms with E-state index in [-0.39, 0.29) is 5.91 Å². The molecule has 0 aliphatic carbocycles.